The summed E-state index contributed by atoms with van der Waals surface area (Å²) < 4.78 is 0. The Labute approximate surface area is 232 Å². The summed E-state index contributed by atoms with van der Waals surface area (Å²) in [5.41, 5.74) is 1.92. The average molecular weight is 549 g/mol. The Morgan fingerprint density at radius 1 is 1.03 bits per heavy atom. The average Bonchev–Trinajstić information content (AvgIpc) is 3.65. The van der Waals surface area contributed by atoms with E-state index in [0.717, 1.165) is 60.2 Å². The summed E-state index contributed by atoms with van der Waals surface area (Å²) in [7, 11) is 1.75. The predicted octanol–water partition coefficient (Wildman–Crippen LogP) is 5.00. The first-order valence-corrected chi connectivity index (χ1v) is 14.8. The normalized spacial score (nSPS) is 19.6. The molecule has 1 aromatic heterocycles. The largest absolute Gasteiger partial charge is 0.478 e. The van der Waals surface area contributed by atoms with Crippen LogP contribution >= 0.6 is 11.3 Å². The van der Waals surface area contributed by atoms with Crippen LogP contribution in [-0.2, 0) is 9.59 Å². The number of aromatic carboxylic acids is 1. The van der Waals surface area contributed by atoms with Crippen LogP contribution < -0.4 is 10.6 Å². The fourth-order valence-electron chi connectivity index (χ4n) is 6.00. The minimum Gasteiger partial charge on any atom is -0.478 e. The highest BCUT2D eigenvalue weighted by Crippen LogP contribution is 2.39. The number of nitrogens with zero attached hydrogens (tertiary/aromatic N) is 2. The van der Waals surface area contributed by atoms with E-state index in [-0.39, 0.29) is 35.4 Å². The summed E-state index contributed by atoms with van der Waals surface area (Å²) in [5, 5.41) is 20.1. The van der Waals surface area contributed by atoms with Gasteiger partial charge in [0.25, 0.3) is 0 Å². The van der Waals surface area contributed by atoms with Crippen LogP contribution in [0.25, 0.3) is 22.0 Å². The zero-order valence-electron chi connectivity index (χ0n) is 22.5. The molecule has 2 amide bonds. The van der Waals surface area contributed by atoms with E-state index in [2.05, 4.69) is 10.6 Å². The van der Waals surface area contributed by atoms with Crippen molar-refractivity contribution in [1.29, 1.82) is 0 Å². The number of likely N-dealkylation sites (tertiary alicyclic amines) is 1. The lowest BCUT2D eigenvalue weighted by Gasteiger charge is -2.35. The van der Waals surface area contributed by atoms with Crippen LogP contribution in [0, 0.1) is 5.92 Å². The number of benzene rings is 2. The van der Waals surface area contributed by atoms with E-state index in [4.69, 9.17) is 4.98 Å². The van der Waals surface area contributed by atoms with Gasteiger partial charge in [0.2, 0.25) is 11.8 Å². The van der Waals surface area contributed by atoms with E-state index in [1.807, 2.05) is 40.6 Å². The maximum absolute atomic E-state index is 14.0. The van der Waals surface area contributed by atoms with E-state index in [0.29, 0.717) is 11.9 Å². The number of nitrogens with one attached hydrogen (secondary N) is 2. The van der Waals surface area contributed by atoms with Crippen LogP contribution in [0.4, 0.5) is 0 Å². The van der Waals surface area contributed by atoms with Crippen LogP contribution in [0.3, 0.4) is 0 Å². The summed E-state index contributed by atoms with van der Waals surface area (Å²) in [6, 6.07) is 9.90. The minimum atomic E-state index is -0.958. The smallest absolute Gasteiger partial charge is 0.336 e. The number of amides is 2. The van der Waals surface area contributed by atoms with E-state index < -0.39 is 12.0 Å². The Morgan fingerprint density at radius 2 is 1.77 bits per heavy atom. The summed E-state index contributed by atoms with van der Waals surface area (Å²) in [5.74, 6) is -0.966. The molecular formula is C30H36N4O4S. The Hall–Kier alpha value is -3.30. The van der Waals surface area contributed by atoms with Crippen molar-refractivity contribution in [3.63, 3.8) is 0 Å². The fraction of sp³-hybridized carbons (Fsp3) is 0.467. The molecule has 0 radical (unpaired) electrons. The fourth-order valence-corrected chi connectivity index (χ4v) is 6.96. The van der Waals surface area contributed by atoms with Crippen molar-refractivity contribution in [1.82, 2.24) is 20.5 Å². The van der Waals surface area contributed by atoms with Crippen LogP contribution in [-0.4, -0.2) is 58.5 Å². The third-order valence-corrected chi connectivity index (χ3v) is 9.23. The van der Waals surface area contributed by atoms with Gasteiger partial charge >= 0.3 is 5.97 Å². The first kappa shape index (κ1) is 27.3. The molecule has 2 aliphatic rings. The monoisotopic (exact) mass is 548 g/mol. The van der Waals surface area contributed by atoms with Gasteiger partial charge in [0.1, 0.15) is 11.0 Å². The number of carboxylic acid groups (broad SMARTS) is 1. The number of likely N-dealkylation sites (N-methyl/N-ethyl adjacent to an activating group) is 1. The Balaban J connectivity index is 1.42. The number of carbonyl (C=O) groups excluding carboxylic acids is 2. The Morgan fingerprint density at radius 3 is 2.49 bits per heavy atom. The first-order valence-electron chi connectivity index (χ1n) is 13.9. The maximum atomic E-state index is 14.0. The van der Waals surface area contributed by atoms with Crippen molar-refractivity contribution in [2.45, 2.75) is 70.0 Å². The van der Waals surface area contributed by atoms with Gasteiger partial charge in [-0.2, -0.15) is 0 Å². The van der Waals surface area contributed by atoms with Crippen molar-refractivity contribution in [2.75, 3.05) is 13.6 Å². The lowest BCUT2D eigenvalue weighted by molar-refractivity contribution is -0.139. The van der Waals surface area contributed by atoms with Crippen molar-refractivity contribution in [2.24, 2.45) is 5.92 Å². The van der Waals surface area contributed by atoms with E-state index in [1.54, 1.807) is 20.0 Å². The van der Waals surface area contributed by atoms with Gasteiger partial charge in [-0.05, 0) is 62.4 Å². The Bertz CT molecular complexity index is 1370. The van der Waals surface area contributed by atoms with Gasteiger partial charge in [0.15, 0.2) is 0 Å². The number of carbonyl (C=O) groups is 3. The van der Waals surface area contributed by atoms with Gasteiger partial charge in [0.05, 0.1) is 23.3 Å². The molecule has 5 rings (SSSR count). The number of hydrogen-bond acceptors (Lipinski definition) is 6. The van der Waals surface area contributed by atoms with Crippen LogP contribution in [0.1, 0.15) is 73.3 Å². The summed E-state index contributed by atoms with van der Waals surface area (Å²) in [6.07, 6.45) is 6.96. The van der Waals surface area contributed by atoms with Crippen molar-refractivity contribution in [3.8, 4) is 11.3 Å². The summed E-state index contributed by atoms with van der Waals surface area (Å²) in [4.78, 5) is 45.5. The zero-order valence-corrected chi connectivity index (χ0v) is 23.3. The molecule has 8 nitrogen and oxygen atoms in total. The van der Waals surface area contributed by atoms with Crippen molar-refractivity contribution in [3.05, 3.63) is 52.3 Å². The van der Waals surface area contributed by atoms with Crippen LogP contribution in [0.2, 0.25) is 0 Å². The highest BCUT2D eigenvalue weighted by Gasteiger charge is 2.40. The molecule has 0 bridgehead atoms. The number of fused-ring (bicyclic) bond motifs is 1. The zero-order chi connectivity index (χ0) is 27.5. The highest BCUT2D eigenvalue weighted by molar-refractivity contribution is 7.10. The molecule has 2 fully saturated rings. The molecule has 1 saturated heterocycles. The van der Waals surface area contributed by atoms with E-state index in [1.165, 1.54) is 17.8 Å². The first-order chi connectivity index (χ1) is 18.9. The van der Waals surface area contributed by atoms with Crippen molar-refractivity contribution >= 4 is 39.9 Å². The number of aromatic nitrogens is 1. The van der Waals surface area contributed by atoms with Gasteiger partial charge < -0.3 is 20.6 Å². The third-order valence-electron chi connectivity index (χ3n) is 8.28. The molecule has 206 valence electrons. The van der Waals surface area contributed by atoms with Crippen molar-refractivity contribution < 1.29 is 19.5 Å². The molecule has 1 saturated carbocycles. The number of rotatable bonds is 8. The summed E-state index contributed by atoms with van der Waals surface area (Å²) in [6.45, 7) is 2.45. The molecule has 9 heteroatoms. The number of carboxylic acids is 1. The number of thiazole rings is 1. The van der Waals surface area contributed by atoms with Gasteiger partial charge in [0, 0.05) is 17.5 Å². The number of hydrogen-bond donors (Lipinski definition) is 3. The second kappa shape index (κ2) is 11.8. The van der Waals surface area contributed by atoms with Crippen LogP contribution in [0.15, 0.2) is 41.8 Å². The van der Waals surface area contributed by atoms with Gasteiger partial charge in [-0.3, -0.25) is 9.59 Å². The van der Waals surface area contributed by atoms with E-state index in [9.17, 15) is 19.5 Å². The molecule has 2 aromatic carbocycles. The SMILES string of the molecule is CN[C@@H](C)C(=O)N[C@H](C(=O)N1CCC[C@H]1c1nc(-c2ccc(C(=O)O)c3ccccc23)cs1)C1CCCCC1. The molecule has 0 unspecified atom stereocenters. The molecule has 1 aliphatic carbocycles. The molecular weight excluding hydrogens is 512 g/mol. The quantitative estimate of drug-likeness (QED) is 0.365. The minimum absolute atomic E-state index is 0.00550. The molecule has 3 aromatic rings. The third kappa shape index (κ3) is 5.56. The second-order valence-corrected chi connectivity index (χ2v) is 11.6. The van der Waals surface area contributed by atoms with Gasteiger partial charge in [-0.25, -0.2) is 9.78 Å². The molecule has 39 heavy (non-hydrogen) atoms. The summed E-state index contributed by atoms with van der Waals surface area (Å²) >= 11 is 1.53. The molecule has 1 aliphatic heterocycles. The topological polar surface area (TPSA) is 112 Å². The molecule has 3 N–H and O–H groups in total. The predicted molar refractivity (Wildman–Crippen MR) is 153 cm³/mol. The molecule has 0 spiro atoms. The Kier molecular flexibility index (Phi) is 8.28. The maximum Gasteiger partial charge on any atom is 0.336 e. The molecule has 3 atom stereocenters. The highest BCUT2D eigenvalue weighted by atomic mass is 32.1. The standard InChI is InChI=1S/C30H36N4O4S/c1-18(31-2)27(35)33-26(19-9-4-3-5-10-19)29(36)34-16-8-13-25(34)28-32-24(17-39-28)22-14-15-23(30(37)38)21-12-7-6-11-20(21)22/h6-7,11-12,14-15,17-19,25-26,31H,3-5,8-10,13,16H2,1-2H3,(H,33,35)(H,37,38)/t18-,25-,26-/m0/s1. The van der Waals surface area contributed by atoms with Crippen LogP contribution in [0.5, 0.6) is 0 Å². The lowest BCUT2D eigenvalue weighted by atomic mass is 9.83. The van der Waals surface area contributed by atoms with Gasteiger partial charge in [-0.15, -0.1) is 11.3 Å². The second-order valence-electron chi connectivity index (χ2n) is 10.7. The lowest BCUT2D eigenvalue weighted by Crippen LogP contribution is -2.55. The van der Waals surface area contributed by atoms with Gasteiger partial charge in [-0.1, -0.05) is 49.6 Å². The molecule has 2 heterocycles. The van der Waals surface area contributed by atoms with E-state index >= 15 is 0 Å².